The minimum absolute atomic E-state index is 0.197. The third-order valence-electron chi connectivity index (χ3n) is 6.46. The van der Waals surface area contributed by atoms with Crippen molar-refractivity contribution in [2.75, 3.05) is 36.0 Å². The van der Waals surface area contributed by atoms with Crippen molar-refractivity contribution in [1.82, 2.24) is 9.55 Å². The number of piperazine rings is 1. The summed E-state index contributed by atoms with van der Waals surface area (Å²) in [6.07, 6.45) is 2.71. The topological polar surface area (TPSA) is 78.7 Å². The molecule has 0 aliphatic carbocycles. The number of carbonyl (C=O) groups is 1. The van der Waals surface area contributed by atoms with E-state index in [9.17, 15) is 19.1 Å². The maximum atomic E-state index is 15.1. The summed E-state index contributed by atoms with van der Waals surface area (Å²) in [5, 5.41) is 10.1. The molecular weight excluding hydrogens is 442 g/mol. The van der Waals surface area contributed by atoms with Gasteiger partial charge in [-0.2, -0.15) is 0 Å². The number of rotatable bonds is 3. The van der Waals surface area contributed by atoms with E-state index in [2.05, 4.69) is 4.98 Å². The molecule has 2 aromatic heterocycles. The highest BCUT2D eigenvalue weighted by atomic mass is 19.1. The van der Waals surface area contributed by atoms with Crippen LogP contribution < -0.4 is 15.2 Å². The lowest BCUT2D eigenvalue weighted by Crippen LogP contribution is -2.46. The lowest BCUT2D eigenvalue weighted by molar-refractivity contribution is 0.0695. The van der Waals surface area contributed by atoms with Gasteiger partial charge >= 0.3 is 5.97 Å². The number of aromatic carboxylic acids is 1. The molecule has 0 bridgehead atoms. The fourth-order valence-electron chi connectivity index (χ4n) is 4.53. The Hall–Kier alpha value is -4.01. The van der Waals surface area contributed by atoms with Crippen molar-refractivity contribution in [1.29, 1.82) is 0 Å². The van der Waals surface area contributed by atoms with Crippen LogP contribution in [0.15, 0.2) is 47.5 Å². The maximum absolute atomic E-state index is 15.1. The van der Waals surface area contributed by atoms with Gasteiger partial charge in [0.15, 0.2) is 0 Å². The molecule has 9 heteroatoms. The fourth-order valence-corrected chi connectivity index (χ4v) is 4.53. The second-order valence-corrected chi connectivity index (χ2v) is 8.53. The Kier molecular flexibility index (Phi) is 5.19. The van der Waals surface area contributed by atoms with Gasteiger partial charge in [0.2, 0.25) is 5.43 Å². The van der Waals surface area contributed by atoms with Gasteiger partial charge in [0, 0.05) is 56.6 Å². The Morgan fingerprint density at radius 1 is 1.03 bits per heavy atom. The zero-order valence-corrected chi connectivity index (χ0v) is 18.7. The minimum atomic E-state index is -1.32. The third-order valence-corrected chi connectivity index (χ3v) is 6.46. The van der Waals surface area contributed by atoms with Gasteiger partial charge in [-0.3, -0.25) is 9.78 Å². The summed E-state index contributed by atoms with van der Waals surface area (Å²) in [5.41, 5.74) is 1.44. The molecule has 1 saturated heterocycles. The second-order valence-electron chi connectivity index (χ2n) is 8.53. The number of halogens is 2. The Morgan fingerprint density at radius 3 is 2.41 bits per heavy atom. The number of aromatic nitrogens is 2. The minimum Gasteiger partial charge on any atom is -0.477 e. The number of pyridine rings is 2. The first-order valence-electron chi connectivity index (χ1n) is 10.9. The zero-order valence-electron chi connectivity index (χ0n) is 18.7. The molecule has 0 amide bonds. The van der Waals surface area contributed by atoms with Crippen molar-refractivity contribution in [2.24, 2.45) is 7.05 Å². The Balaban J connectivity index is 1.55. The van der Waals surface area contributed by atoms with Crippen LogP contribution in [-0.4, -0.2) is 46.8 Å². The predicted molar refractivity (Wildman–Crippen MR) is 127 cm³/mol. The summed E-state index contributed by atoms with van der Waals surface area (Å²) in [6.45, 7) is 3.84. The van der Waals surface area contributed by atoms with Crippen LogP contribution in [0.2, 0.25) is 0 Å². The molecule has 0 spiro atoms. The summed E-state index contributed by atoms with van der Waals surface area (Å²) < 4.78 is 30.6. The van der Waals surface area contributed by atoms with Gasteiger partial charge in [0.25, 0.3) is 0 Å². The number of nitrogens with zero attached hydrogens (tertiary/aromatic N) is 4. The lowest BCUT2D eigenvalue weighted by atomic mass is 10.1. The zero-order chi connectivity index (χ0) is 24.1. The first-order chi connectivity index (χ1) is 16.2. The standard InChI is InChI=1S/C25H22F2N4O3/c1-14-3-4-15(9-18(14)26)30-5-7-31(8-6-30)21-10-16-20(11-19(21)27)28-12-22-23(16)24(32)17(25(33)34)13-29(22)2/h3-4,9-13H,5-8H2,1-2H3,(H,33,34). The van der Waals surface area contributed by atoms with Crippen LogP contribution in [-0.2, 0) is 7.05 Å². The number of carboxylic acid groups (broad SMARTS) is 1. The second kappa shape index (κ2) is 8.09. The van der Waals surface area contributed by atoms with Crippen molar-refractivity contribution in [2.45, 2.75) is 6.92 Å². The van der Waals surface area contributed by atoms with Gasteiger partial charge < -0.3 is 19.5 Å². The molecule has 2 aromatic carbocycles. The molecule has 174 valence electrons. The van der Waals surface area contributed by atoms with E-state index in [-0.39, 0.29) is 22.3 Å². The van der Waals surface area contributed by atoms with E-state index in [1.54, 1.807) is 26.1 Å². The van der Waals surface area contributed by atoms with Gasteiger partial charge in [0.1, 0.15) is 17.2 Å². The fraction of sp³-hybridized carbons (Fsp3) is 0.240. The third kappa shape index (κ3) is 3.53. The quantitative estimate of drug-likeness (QED) is 0.466. The molecule has 4 aromatic rings. The first kappa shape index (κ1) is 21.8. The summed E-state index contributed by atoms with van der Waals surface area (Å²) in [4.78, 5) is 32.8. The molecule has 1 aliphatic rings. The molecule has 1 aliphatic heterocycles. The van der Waals surface area contributed by atoms with E-state index in [4.69, 9.17) is 0 Å². The number of carboxylic acids is 1. The van der Waals surface area contributed by atoms with Gasteiger partial charge in [-0.25, -0.2) is 13.6 Å². The van der Waals surface area contributed by atoms with Crippen molar-refractivity contribution in [3.8, 4) is 0 Å². The monoisotopic (exact) mass is 464 g/mol. The van der Waals surface area contributed by atoms with E-state index in [0.29, 0.717) is 48.3 Å². The molecule has 7 nitrogen and oxygen atoms in total. The number of benzene rings is 2. The van der Waals surface area contributed by atoms with E-state index in [1.807, 2.05) is 15.9 Å². The molecule has 0 saturated carbocycles. The van der Waals surface area contributed by atoms with Crippen molar-refractivity contribution >= 4 is 39.1 Å². The van der Waals surface area contributed by atoms with E-state index >= 15 is 4.39 Å². The van der Waals surface area contributed by atoms with Crippen LogP contribution >= 0.6 is 0 Å². The van der Waals surface area contributed by atoms with Crippen molar-refractivity contribution in [3.05, 3.63) is 75.7 Å². The van der Waals surface area contributed by atoms with E-state index in [0.717, 1.165) is 5.69 Å². The Bertz CT molecular complexity index is 1520. The number of fused-ring (bicyclic) bond motifs is 3. The molecule has 1 fully saturated rings. The maximum Gasteiger partial charge on any atom is 0.341 e. The smallest absolute Gasteiger partial charge is 0.341 e. The molecule has 34 heavy (non-hydrogen) atoms. The SMILES string of the molecule is Cc1ccc(N2CCN(c3cc4c(cc3F)ncc3c4c(=O)c(C(=O)O)cn3C)CC2)cc1F. The first-order valence-corrected chi connectivity index (χ1v) is 10.9. The van der Waals surface area contributed by atoms with Gasteiger partial charge in [-0.05, 0) is 30.7 Å². The highest BCUT2D eigenvalue weighted by Gasteiger charge is 2.23. The molecule has 1 N–H and O–H groups in total. The highest BCUT2D eigenvalue weighted by molar-refractivity contribution is 6.07. The summed E-state index contributed by atoms with van der Waals surface area (Å²) in [6, 6.07) is 7.98. The van der Waals surface area contributed by atoms with Gasteiger partial charge in [-0.1, -0.05) is 6.07 Å². The molecule has 0 atom stereocenters. The summed E-state index contributed by atoms with van der Waals surface area (Å²) >= 11 is 0. The van der Waals surface area contributed by atoms with Crippen molar-refractivity contribution < 1.29 is 18.7 Å². The van der Waals surface area contributed by atoms with Crippen LogP contribution in [0.3, 0.4) is 0 Å². The number of anilines is 2. The molecule has 5 rings (SSSR count). The number of aryl methyl sites for hydroxylation is 2. The number of hydrogen-bond acceptors (Lipinski definition) is 5. The Morgan fingerprint density at radius 2 is 1.74 bits per heavy atom. The summed E-state index contributed by atoms with van der Waals surface area (Å²) in [7, 11) is 1.64. The van der Waals surface area contributed by atoms with Crippen LogP contribution in [0, 0.1) is 18.6 Å². The van der Waals surface area contributed by atoms with Crippen LogP contribution in [0.1, 0.15) is 15.9 Å². The highest BCUT2D eigenvalue weighted by Crippen LogP contribution is 2.30. The molecule has 0 radical (unpaired) electrons. The van der Waals surface area contributed by atoms with E-state index in [1.165, 1.54) is 29.1 Å². The molecular formula is C25H22F2N4O3. The lowest BCUT2D eigenvalue weighted by Gasteiger charge is -2.37. The number of hydrogen-bond donors (Lipinski definition) is 1. The van der Waals surface area contributed by atoms with E-state index < -0.39 is 17.2 Å². The average molecular weight is 464 g/mol. The average Bonchev–Trinajstić information content (AvgIpc) is 2.82. The van der Waals surface area contributed by atoms with Crippen LogP contribution in [0.5, 0.6) is 0 Å². The Labute approximate surface area is 193 Å². The van der Waals surface area contributed by atoms with Gasteiger partial charge in [0.05, 0.1) is 28.3 Å². The predicted octanol–water partition coefficient (Wildman–Crippen LogP) is 3.70. The summed E-state index contributed by atoms with van der Waals surface area (Å²) in [5.74, 6) is -2.05. The van der Waals surface area contributed by atoms with Crippen LogP contribution in [0.25, 0.3) is 21.8 Å². The van der Waals surface area contributed by atoms with Crippen LogP contribution in [0.4, 0.5) is 20.2 Å². The van der Waals surface area contributed by atoms with Crippen molar-refractivity contribution in [3.63, 3.8) is 0 Å². The van der Waals surface area contributed by atoms with Gasteiger partial charge in [-0.15, -0.1) is 0 Å². The molecule has 0 unspecified atom stereocenters. The largest absolute Gasteiger partial charge is 0.477 e. The normalized spacial score (nSPS) is 14.2. The molecule has 3 heterocycles.